The van der Waals surface area contributed by atoms with E-state index in [1.165, 1.54) is 11.0 Å². The second-order valence-electron chi connectivity index (χ2n) is 4.24. The summed E-state index contributed by atoms with van der Waals surface area (Å²) in [6.45, 7) is 2.79. The highest BCUT2D eigenvalue weighted by Gasteiger charge is 2.13. The average Bonchev–Trinajstić information content (AvgIpc) is 2.97. The summed E-state index contributed by atoms with van der Waals surface area (Å²) < 4.78 is 15.4. The van der Waals surface area contributed by atoms with Crippen LogP contribution in [-0.4, -0.2) is 24.0 Å². The zero-order valence-electron chi connectivity index (χ0n) is 12.0. The van der Waals surface area contributed by atoms with E-state index in [9.17, 15) is 4.79 Å². The predicted molar refractivity (Wildman–Crippen MR) is 79.2 cm³/mol. The number of benzene rings is 1. The molecule has 0 saturated heterocycles. The van der Waals surface area contributed by atoms with E-state index in [0.29, 0.717) is 19.0 Å². The minimum atomic E-state index is -0.486. The Balaban J connectivity index is 1.84. The SMILES string of the molecule is CCOC(=O)c1cc(COCc2cccc(SC)c2)on1. The quantitative estimate of drug-likeness (QED) is 0.578. The lowest BCUT2D eigenvalue weighted by molar-refractivity contribution is 0.0513. The second-order valence-corrected chi connectivity index (χ2v) is 5.12. The van der Waals surface area contributed by atoms with Crippen LogP contribution in [0.1, 0.15) is 28.7 Å². The molecule has 5 nitrogen and oxygen atoms in total. The maximum atomic E-state index is 11.4. The molecular weight excluding hydrogens is 290 g/mol. The van der Waals surface area contributed by atoms with Crippen LogP contribution < -0.4 is 0 Å². The van der Waals surface area contributed by atoms with Gasteiger partial charge in [0.25, 0.3) is 0 Å². The van der Waals surface area contributed by atoms with Crippen LogP contribution in [0, 0.1) is 0 Å². The van der Waals surface area contributed by atoms with Crippen molar-refractivity contribution in [3.63, 3.8) is 0 Å². The van der Waals surface area contributed by atoms with Crippen LogP contribution in [0.25, 0.3) is 0 Å². The molecule has 0 radical (unpaired) electrons. The van der Waals surface area contributed by atoms with Gasteiger partial charge in [-0.1, -0.05) is 17.3 Å². The third-order valence-electron chi connectivity index (χ3n) is 2.69. The zero-order chi connectivity index (χ0) is 15.1. The normalized spacial score (nSPS) is 10.6. The molecule has 2 rings (SSSR count). The number of thioether (sulfide) groups is 1. The third kappa shape index (κ3) is 4.61. The molecule has 0 aliphatic rings. The van der Waals surface area contributed by atoms with E-state index in [1.807, 2.05) is 18.4 Å². The molecule has 6 heteroatoms. The van der Waals surface area contributed by atoms with Crippen molar-refractivity contribution in [1.29, 1.82) is 0 Å². The summed E-state index contributed by atoms with van der Waals surface area (Å²) in [6.07, 6.45) is 2.03. The summed E-state index contributed by atoms with van der Waals surface area (Å²) in [7, 11) is 0. The number of rotatable bonds is 7. The maximum Gasteiger partial charge on any atom is 0.360 e. The van der Waals surface area contributed by atoms with Crippen molar-refractivity contribution in [1.82, 2.24) is 5.16 Å². The molecule has 0 atom stereocenters. The van der Waals surface area contributed by atoms with E-state index in [2.05, 4.69) is 17.3 Å². The minimum Gasteiger partial charge on any atom is -0.461 e. The molecule has 0 spiro atoms. The molecule has 2 aromatic rings. The van der Waals surface area contributed by atoms with Crippen LogP contribution in [0.5, 0.6) is 0 Å². The first-order chi connectivity index (χ1) is 10.2. The molecule has 0 amide bonds. The summed E-state index contributed by atoms with van der Waals surface area (Å²) in [5, 5.41) is 3.65. The van der Waals surface area contributed by atoms with E-state index in [-0.39, 0.29) is 12.3 Å². The van der Waals surface area contributed by atoms with Gasteiger partial charge in [0.2, 0.25) is 0 Å². The molecule has 1 aromatic carbocycles. The monoisotopic (exact) mass is 307 g/mol. The fraction of sp³-hybridized carbons (Fsp3) is 0.333. The lowest BCUT2D eigenvalue weighted by atomic mass is 10.2. The predicted octanol–water partition coefficient (Wildman–Crippen LogP) is 3.29. The molecule has 112 valence electrons. The average molecular weight is 307 g/mol. The first-order valence-electron chi connectivity index (χ1n) is 6.56. The largest absolute Gasteiger partial charge is 0.461 e. The van der Waals surface area contributed by atoms with Crippen molar-refractivity contribution >= 4 is 17.7 Å². The molecule has 0 saturated carbocycles. The maximum absolute atomic E-state index is 11.4. The van der Waals surface area contributed by atoms with Gasteiger partial charge < -0.3 is 14.0 Å². The Hall–Kier alpha value is -1.79. The number of esters is 1. The lowest BCUT2D eigenvalue weighted by Gasteiger charge is -2.03. The van der Waals surface area contributed by atoms with Gasteiger partial charge in [-0.15, -0.1) is 11.8 Å². The molecule has 0 N–H and O–H groups in total. The van der Waals surface area contributed by atoms with Crippen LogP contribution >= 0.6 is 11.8 Å². The highest BCUT2D eigenvalue weighted by Crippen LogP contribution is 2.17. The zero-order valence-corrected chi connectivity index (χ0v) is 12.8. The van der Waals surface area contributed by atoms with Gasteiger partial charge in [0, 0.05) is 11.0 Å². The fourth-order valence-corrected chi connectivity index (χ4v) is 2.20. The Labute approximate surface area is 127 Å². The van der Waals surface area contributed by atoms with Crippen molar-refractivity contribution < 1.29 is 18.8 Å². The van der Waals surface area contributed by atoms with Crippen molar-refractivity contribution in [2.45, 2.75) is 25.0 Å². The second kappa shape index (κ2) is 7.85. The van der Waals surface area contributed by atoms with Crippen LogP contribution in [0.3, 0.4) is 0 Å². The van der Waals surface area contributed by atoms with Gasteiger partial charge in [-0.25, -0.2) is 4.79 Å². The molecule has 21 heavy (non-hydrogen) atoms. The Bertz CT molecular complexity index is 597. The van der Waals surface area contributed by atoms with E-state index in [0.717, 1.165) is 5.56 Å². The lowest BCUT2D eigenvalue weighted by Crippen LogP contribution is -2.04. The molecule has 1 heterocycles. The number of nitrogens with zero attached hydrogens (tertiary/aromatic N) is 1. The number of hydrogen-bond acceptors (Lipinski definition) is 6. The van der Waals surface area contributed by atoms with E-state index >= 15 is 0 Å². The molecule has 0 fully saturated rings. The Kier molecular flexibility index (Phi) is 5.83. The molecule has 0 aliphatic heterocycles. The molecule has 0 unspecified atom stereocenters. The van der Waals surface area contributed by atoms with Crippen LogP contribution in [-0.2, 0) is 22.7 Å². The van der Waals surface area contributed by atoms with Crippen LogP contribution in [0.15, 0.2) is 39.8 Å². The molecule has 0 aliphatic carbocycles. The highest BCUT2D eigenvalue weighted by atomic mass is 32.2. The summed E-state index contributed by atoms with van der Waals surface area (Å²) in [5.74, 6) is 0.0132. The van der Waals surface area contributed by atoms with Crippen molar-refractivity contribution in [3.8, 4) is 0 Å². The fourth-order valence-electron chi connectivity index (χ4n) is 1.71. The van der Waals surface area contributed by atoms with Gasteiger partial charge in [0.05, 0.1) is 13.2 Å². The first kappa shape index (κ1) is 15.6. The minimum absolute atomic E-state index is 0.167. The Morgan fingerprint density at radius 2 is 2.19 bits per heavy atom. The van der Waals surface area contributed by atoms with Crippen LogP contribution in [0.4, 0.5) is 0 Å². The van der Waals surface area contributed by atoms with Gasteiger partial charge >= 0.3 is 5.97 Å². The summed E-state index contributed by atoms with van der Waals surface area (Å²) in [6, 6.07) is 9.67. The van der Waals surface area contributed by atoms with Crippen molar-refractivity contribution in [2.75, 3.05) is 12.9 Å². The van der Waals surface area contributed by atoms with Gasteiger partial charge in [-0.05, 0) is 30.9 Å². The van der Waals surface area contributed by atoms with E-state index < -0.39 is 5.97 Å². The van der Waals surface area contributed by atoms with Gasteiger partial charge in [0.15, 0.2) is 11.5 Å². The first-order valence-corrected chi connectivity index (χ1v) is 7.78. The number of hydrogen-bond donors (Lipinski definition) is 0. The summed E-state index contributed by atoms with van der Waals surface area (Å²) >= 11 is 1.69. The Morgan fingerprint density at radius 1 is 1.33 bits per heavy atom. The molecule has 0 bridgehead atoms. The van der Waals surface area contributed by atoms with E-state index in [1.54, 1.807) is 18.7 Å². The topological polar surface area (TPSA) is 61.6 Å². The van der Waals surface area contributed by atoms with Gasteiger partial charge in [0.1, 0.15) is 6.61 Å². The third-order valence-corrected chi connectivity index (χ3v) is 3.42. The van der Waals surface area contributed by atoms with Crippen LogP contribution in [0.2, 0.25) is 0 Å². The van der Waals surface area contributed by atoms with Gasteiger partial charge in [-0.3, -0.25) is 0 Å². The summed E-state index contributed by atoms with van der Waals surface area (Å²) in [5.41, 5.74) is 1.26. The Morgan fingerprint density at radius 3 is 2.95 bits per heavy atom. The van der Waals surface area contributed by atoms with Gasteiger partial charge in [-0.2, -0.15) is 0 Å². The van der Waals surface area contributed by atoms with Crippen molar-refractivity contribution in [2.24, 2.45) is 0 Å². The van der Waals surface area contributed by atoms with Crippen molar-refractivity contribution in [3.05, 3.63) is 47.3 Å². The number of carbonyl (C=O) groups is 1. The molecule has 1 aromatic heterocycles. The number of aromatic nitrogens is 1. The highest BCUT2D eigenvalue weighted by molar-refractivity contribution is 7.98. The standard InChI is InChI=1S/C15H17NO4S/c1-3-19-15(17)14-8-12(20-16-14)10-18-9-11-5-4-6-13(7-11)21-2/h4-8H,3,9-10H2,1-2H3. The number of carbonyl (C=O) groups excluding carboxylic acids is 1. The number of ether oxygens (including phenoxy) is 2. The summed E-state index contributed by atoms with van der Waals surface area (Å²) in [4.78, 5) is 12.6. The smallest absolute Gasteiger partial charge is 0.360 e. The molecular formula is C15H17NO4S. The van der Waals surface area contributed by atoms with E-state index in [4.69, 9.17) is 14.0 Å².